The molecule has 0 bridgehead atoms. The zero-order chi connectivity index (χ0) is 12.1. The van der Waals surface area contributed by atoms with Crippen LogP contribution < -0.4 is 9.64 Å². The topological polar surface area (TPSA) is 41.5 Å². The summed E-state index contributed by atoms with van der Waals surface area (Å²) < 4.78 is 5.11. The Morgan fingerprint density at radius 3 is 2.71 bits per heavy atom. The van der Waals surface area contributed by atoms with E-state index in [2.05, 4.69) is 35.7 Å². The highest BCUT2D eigenvalue weighted by molar-refractivity contribution is 9.09. The van der Waals surface area contributed by atoms with Crippen LogP contribution in [-0.2, 0) is 0 Å². The fourth-order valence-corrected chi connectivity index (χ4v) is 2.44. The molecule has 1 aliphatic heterocycles. The number of hydrogen-bond acceptors (Lipinski definition) is 5. The maximum absolute atomic E-state index is 5.11. The van der Waals surface area contributed by atoms with Gasteiger partial charge in [-0.1, -0.05) is 15.9 Å². The molecule has 1 fully saturated rings. The molecule has 2 rings (SSSR count). The number of halogens is 1. The van der Waals surface area contributed by atoms with E-state index in [0.717, 1.165) is 43.9 Å². The van der Waals surface area contributed by atoms with Gasteiger partial charge in [-0.15, -0.1) is 0 Å². The summed E-state index contributed by atoms with van der Waals surface area (Å²) in [6.45, 7) is 5.29. The average Bonchev–Trinajstić information content (AvgIpc) is 2.40. The van der Waals surface area contributed by atoms with E-state index in [9.17, 15) is 0 Å². The molecule has 94 valence electrons. The lowest BCUT2D eigenvalue weighted by molar-refractivity contribution is 0.273. The van der Waals surface area contributed by atoms with Crippen molar-refractivity contribution in [3.8, 4) is 5.88 Å². The van der Waals surface area contributed by atoms with Crippen molar-refractivity contribution < 1.29 is 4.74 Å². The molecule has 6 heteroatoms. The van der Waals surface area contributed by atoms with E-state index in [4.69, 9.17) is 4.74 Å². The highest BCUT2D eigenvalue weighted by Crippen LogP contribution is 2.17. The van der Waals surface area contributed by atoms with Gasteiger partial charge in [0.1, 0.15) is 12.1 Å². The van der Waals surface area contributed by atoms with Crippen molar-refractivity contribution in [3.05, 3.63) is 12.4 Å². The summed E-state index contributed by atoms with van der Waals surface area (Å²) in [6, 6.07) is 1.89. The fourth-order valence-electron chi connectivity index (χ4n) is 1.93. The summed E-state index contributed by atoms with van der Waals surface area (Å²) in [6.07, 6.45) is 1.55. The van der Waals surface area contributed by atoms with Gasteiger partial charge in [0.15, 0.2) is 0 Å². The Labute approximate surface area is 110 Å². The number of piperazine rings is 1. The van der Waals surface area contributed by atoms with E-state index < -0.39 is 0 Å². The smallest absolute Gasteiger partial charge is 0.218 e. The molecule has 5 nitrogen and oxygen atoms in total. The van der Waals surface area contributed by atoms with E-state index in [1.165, 1.54) is 0 Å². The summed E-state index contributed by atoms with van der Waals surface area (Å²) >= 11 is 3.47. The Morgan fingerprint density at radius 2 is 2.06 bits per heavy atom. The predicted molar refractivity (Wildman–Crippen MR) is 71.0 cm³/mol. The Hall–Kier alpha value is -0.880. The van der Waals surface area contributed by atoms with Gasteiger partial charge >= 0.3 is 0 Å². The van der Waals surface area contributed by atoms with E-state index in [0.29, 0.717) is 5.88 Å². The quantitative estimate of drug-likeness (QED) is 0.776. The third-order valence-electron chi connectivity index (χ3n) is 2.93. The van der Waals surface area contributed by atoms with Crippen molar-refractivity contribution in [1.82, 2.24) is 14.9 Å². The Kier molecular flexibility index (Phi) is 4.56. The molecule has 0 radical (unpaired) electrons. The first-order valence-electron chi connectivity index (χ1n) is 5.73. The molecule has 1 aliphatic rings. The van der Waals surface area contributed by atoms with Gasteiger partial charge in [0, 0.05) is 44.1 Å². The molecule has 0 atom stereocenters. The highest BCUT2D eigenvalue weighted by Gasteiger charge is 2.17. The molecule has 1 aromatic rings. The fraction of sp³-hybridized carbons (Fsp3) is 0.636. The van der Waals surface area contributed by atoms with Gasteiger partial charge in [-0.3, -0.25) is 4.90 Å². The largest absolute Gasteiger partial charge is 0.481 e. The number of nitrogens with zero attached hydrogens (tertiary/aromatic N) is 4. The van der Waals surface area contributed by atoms with Crippen LogP contribution in [0.25, 0.3) is 0 Å². The van der Waals surface area contributed by atoms with Crippen LogP contribution in [-0.4, -0.2) is 60.0 Å². The molecule has 1 aromatic heterocycles. The van der Waals surface area contributed by atoms with E-state index >= 15 is 0 Å². The SMILES string of the molecule is COc1cc(N2CCN(CCBr)CC2)ncn1. The predicted octanol–water partition coefficient (Wildman–Crippen LogP) is 1.00. The average molecular weight is 301 g/mol. The maximum Gasteiger partial charge on any atom is 0.218 e. The van der Waals surface area contributed by atoms with Gasteiger partial charge in [-0.25, -0.2) is 9.97 Å². The molecule has 0 aliphatic carbocycles. The second-order valence-corrected chi connectivity index (χ2v) is 4.73. The number of ether oxygens (including phenoxy) is 1. The highest BCUT2D eigenvalue weighted by atomic mass is 79.9. The zero-order valence-electron chi connectivity index (χ0n) is 9.97. The van der Waals surface area contributed by atoms with Crippen LogP contribution in [0.3, 0.4) is 0 Å². The summed E-state index contributed by atoms with van der Waals surface area (Å²) in [5.41, 5.74) is 0. The van der Waals surface area contributed by atoms with Crippen molar-refractivity contribution in [2.24, 2.45) is 0 Å². The first-order valence-corrected chi connectivity index (χ1v) is 6.85. The van der Waals surface area contributed by atoms with Crippen LogP contribution in [0.5, 0.6) is 5.88 Å². The van der Waals surface area contributed by atoms with Crippen molar-refractivity contribution in [2.45, 2.75) is 0 Å². The van der Waals surface area contributed by atoms with Gasteiger partial charge in [0.05, 0.1) is 7.11 Å². The van der Waals surface area contributed by atoms with Crippen LogP contribution in [0.15, 0.2) is 12.4 Å². The maximum atomic E-state index is 5.11. The molecule has 17 heavy (non-hydrogen) atoms. The third-order valence-corrected chi connectivity index (χ3v) is 3.29. The van der Waals surface area contributed by atoms with Gasteiger partial charge in [-0.2, -0.15) is 0 Å². The molecule has 0 amide bonds. The number of methoxy groups -OCH3 is 1. The molecule has 1 saturated heterocycles. The first kappa shape index (κ1) is 12.6. The van der Waals surface area contributed by atoms with Crippen molar-refractivity contribution >= 4 is 21.7 Å². The lowest BCUT2D eigenvalue weighted by Crippen LogP contribution is -2.47. The summed E-state index contributed by atoms with van der Waals surface area (Å²) in [5, 5.41) is 1.04. The van der Waals surface area contributed by atoms with Gasteiger partial charge in [0.25, 0.3) is 0 Å². The first-order chi connectivity index (χ1) is 8.33. The Morgan fingerprint density at radius 1 is 1.29 bits per heavy atom. The lowest BCUT2D eigenvalue weighted by atomic mass is 10.3. The molecule has 0 N–H and O–H groups in total. The van der Waals surface area contributed by atoms with Crippen LogP contribution in [0.1, 0.15) is 0 Å². The molecule has 0 spiro atoms. The number of rotatable bonds is 4. The lowest BCUT2D eigenvalue weighted by Gasteiger charge is -2.35. The molecule has 2 heterocycles. The summed E-state index contributed by atoms with van der Waals surface area (Å²) in [5.74, 6) is 1.58. The number of anilines is 1. The van der Waals surface area contributed by atoms with Gasteiger partial charge in [-0.05, 0) is 0 Å². The molecular formula is C11H17BrN4O. The number of aromatic nitrogens is 2. The minimum absolute atomic E-state index is 0.623. The third kappa shape index (κ3) is 3.29. The zero-order valence-corrected chi connectivity index (χ0v) is 11.6. The molecular weight excluding hydrogens is 284 g/mol. The molecule has 0 aromatic carbocycles. The van der Waals surface area contributed by atoms with Crippen molar-refractivity contribution in [1.29, 1.82) is 0 Å². The second kappa shape index (κ2) is 6.16. The normalized spacial score (nSPS) is 17.2. The minimum Gasteiger partial charge on any atom is -0.481 e. The van der Waals surface area contributed by atoms with E-state index in [-0.39, 0.29) is 0 Å². The van der Waals surface area contributed by atoms with Crippen LogP contribution in [0.4, 0.5) is 5.82 Å². The van der Waals surface area contributed by atoms with Gasteiger partial charge < -0.3 is 9.64 Å². The summed E-state index contributed by atoms with van der Waals surface area (Å²) in [7, 11) is 1.63. The Balaban J connectivity index is 1.95. The standard InChI is InChI=1S/C11H17BrN4O/c1-17-11-8-10(13-9-14-11)16-6-4-15(3-2-12)5-7-16/h8-9H,2-7H2,1H3. The van der Waals surface area contributed by atoms with Gasteiger partial charge in [0.2, 0.25) is 5.88 Å². The van der Waals surface area contributed by atoms with Crippen LogP contribution >= 0.6 is 15.9 Å². The van der Waals surface area contributed by atoms with E-state index in [1.807, 2.05) is 6.07 Å². The van der Waals surface area contributed by atoms with Crippen molar-refractivity contribution in [3.63, 3.8) is 0 Å². The van der Waals surface area contributed by atoms with E-state index in [1.54, 1.807) is 13.4 Å². The van der Waals surface area contributed by atoms with Crippen molar-refractivity contribution in [2.75, 3.05) is 50.1 Å². The molecule has 0 unspecified atom stereocenters. The number of alkyl halides is 1. The Bertz CT molecular complexity index is 355. The second-order valence-electron chi connectivity index (χ2n) is 3.94. The minimum atomic E-state index is 0.623. The van der Waals surface area contributed by atoms with Crippen LogP contribution in [0.2, 0.25) is 0 Å². The van der Waals surface area contributed by atoms with Crippen LogP contribution in [0, 0.1) is 0 Å². The number of hydrogen-bond donors (Lipinski definition) is 0. The molecule has 0 saturated carbocycles. The summed E-state index contributed by atoms with van der Waals surface area (Å²) in [4.78, 5) is 13.0. The monoisotopic (exact) mass is 300 g/mol.